The van der Waals surface area contributed by atoms with E-state index in [1.807, 2.05) is 19.1 Å². The van der Waals surface area contributed by atoms with Gasteiger partial charge in [-0.25, -0.2) is 4.98 Å². The van der Waals surface area contributed by atoms with Crippen molar-refractivity contribution in [1.29, 1.82) is 0 Å². The molecule has 1 aromatic heterocycles. The van der Waals surface area contributed by atoms with E-state index in [1.165, 1.54) is 24.3 Å². The Balaban J connectivity index is 1.59. The summed E-state index contributed by atoms with van der Waals surface area (Å²) in [6.45, 7) is 2.77. The van der Waals surface area contributed by atoms with Crippen molar-refractivity contribution in [3.63, 3.8) is 0 Å². The summed E-state index contributed by atoms with van der Waals surface area (Å²) in [5.74, 6) is 1.45. The summed E-state index contributed by atoms with van der Waals surface area (Å²) in [5.41, 5.74) is 1.08. The number of aromatic nitrogens is 1. The third-order valence-corrected chi connectivity index (χ3v) is 3.95. The van der Waals surface area contributed by atoms with Crippen LogP contribution in [0.2, 0.25) is 0 Å². The molecule has 3 aromatic rings. The van der Waals surface area contributed by atoms with Crippen LogP contribution in [0.5, 0.6) is 17.4 Å². The van der Waals surface area contributed by atoms with Crippen LogP contribution in [-0.2, 0) is 6.54 Å². The number of rotatable bonds is 8. The summed E-state index contributed by atoms with van der Waals surface area (Å²) in [4.78, 5) is 26.6. The van der Waals surface area contributed by atoms with Gasteiger partial charge in [-0.1, -0.05) is 0 Å². The van der Waals surface area contributed by atoms with Gasteiger partial charge in [0.1, 0.15) is 11.5 Å². The number of carbonyl (C=O) groups is 1. The number of non-ortho nitro benzene ring substituents is 1. The van der Waals surface area contributed by atoms with Crippen LogP contribution in [0.25, 0.3) is 0 Å². The molecule has 0 radical (unpaired) electrons. The Morgan fingerprint density at radius 1 is 1.07 bits per heavy atom. The number of ether oxygens (including phenoxy) is 2. The molecule has 148 valence electrons. The molecule has 0 aliphatic heterocycles. The maximum Gasteiger partial charge on any atom is 0.269 e. The van der Waals surface area contributed by atoms with Gasteiger partial charge in [0.05, 0.1) is 11.5 Å². The number of benzene rings is 2. The van der Waals surface area contributed by atoms with Gasteiger partial charge in [0.15, 0.2) is 0 Å². The van der Waals surface area contributed by atoms with Crippen molar-refractivity contribution in [1.82, 2.24) is 10.3 Å². The van der Waals surface area contributed by atoms with Crippen LogP contribution in [0, 0.1) is 10.1 Å². The molecule has 29 heavy (non-hydrogen) atoms. The summed E-state index contributed by atoms with van der Waals surface area (Å²) >= 11 is 0. The number of hydrogen-bond acceptors (Lipinski definition) is 6. The Morgan fingerprint density at radius 2 is 1.76 bits per heavy atom. The Hall–Kier alpha value is -3.94. The molecule has 0 aliphatic carbocycles. The molecule has 1 N–H and O–H groups in total. The minimum absolute atomic E-state index is 0.0632. The van der Waals surface area contributed by atoms with E-state index in [1.54, 1.807) is 30.5 Å². The zero-order chi connectivity index (χ0) is 20.6. The number of nitrogens with one attached hydrogen (secondary N) is 1. The van der Waals surface area contributed by atoms with E-state index in [9.17, 15) is 14.9 Å². The average molecular weight is 393 g/mol. The molecule has 0 fully saturated rings. The predicted octanol–water partition coefficient (Wildman–Crippen LogP) is 4.11. The lowest BCUT2D eigenvalue weighted by Crippen LogP contribution is -2.22. The molecule has 0 saturated heterocycles. The van der Waals surface area contributed by atoms with Gasteiger partial charge in [-0.05, 0) is 55.0 Å². The van der Waals surface area contributed by atoms with Crippen LogP contribution in [0.15, 0.2) is 66.9 Å². The highest BCUT2D eigenvalue weighted by atomic mass is 16.6. The molecule has 1 heterocycles. The van der Waals surface area contributed by atoms with Gasteiger partial charge in [-0.15, -0.1) is 0 Å². The van der Waals surface area contributed by atoms with E-state index in [0.29, 0.717) is 23.8 Å². The normalized spacial score (nSPS) is 10.2. The molecule has 0 saturated carbocycles. The molecular formula is C21H19N3O5. The van der Waals surface area contributed by atoms with Crippen molar-refractivity contribution >= 4 is 11.6 Å². The van der Waals surface area contributed by atoms with Crippen molar-refractivity contribution in [3.05, 3.63) is 88.1 Å². The molecule has 8 heteroatoms. The molecule has 3 rings (SSSR count). The van der Waals surface area contributed by atoms with Crippen molar-refractivity contribution in [2.24, 2.45) is 0 Å². The number of amides is 1. The maximum atomic E-state index is 12.2. The first-order valence-electron chi connectivity index (χ1n) is 8.93. The van der Waals surface area contributed by atoms with Crippen molar-refractivity contribution in [2.75, 3.05) is 6.61 Å². The SMILES string of the molecule is CCOc1ccc(Oc2cc(CNC(=O)c3ccc([N+](=O)[O-])cc3)ccn2)cc1. The fraction of sp³-hybridized carbons (Fsp3) is 0.143. The molecule has 2 aromatic carbocycles. The summed E-state index contributed by atoms with van der Waals surface area (Å²) in [7, 11) is 0. The molecule has 0 aliphatic rings. The number of nitrogens with zero attached hydrogens (tertiary/aromatic N) is 2. The number of nitro benzene ring substituents is 1. The minimum Gasteiger partial charge on any atom is -0.494 e. The molecule has 1 amide bonds. The van der Waals surface area contributed by atoms with Crippen molar-refractivity contribution in [2.45, 2.75) is 13.5 Å². The Bertz CT molecular complexity index is 988. The lowest BCUT2D eigenvalue weighted by Gasteiger charge is -2.09. The third kappa shape index (κ3) is 5.52. The topological polar surface area (TPSA) is 104 Å². The van der Waals surface area contributed by atoms with E-state index in [4.69, 9.17) is 9.47 Å². The van der Waals surface area contributed by atoms with E-state index >= 15 is 0 Å². The number of nitro groups is 1. The van der Waals surface area contributed by atoms with Gasteiger partial charge in [0.25, 0.3) is 11.6 Å². The predicted molar refractivity (Wildman–Crippen MR) is 106 cm³/mol. The van der Waals surface area contributed by atoms with Crippen LogP contribution in [0.4, 0.5) is 5.69 Å². The van der Waals surface area contributed by atoms with Gasteiger partial charge in [0, 0.05) is 36.5 Å². The van der Waals surface area contributed by atoms with E-state index in [0.717, 1.165) is 11.3 Å². The fourth-order valence-electron chi connectivity index (χ4n) is 2.53. The number of carbonyl (C=O) groups excluding carboxylic acids is 1. The minimum atomic E-state index is -0.509. The second-order valence-electron chi connectivity index (χ2n) is 6.00. The lowest BCUT2D eigenvalue weighted by molar-refractivity contribution is -0.384. The second kappa shape index (κ2) is 9.32. The highest BCUT2D eigenvalue weighted by Crippen LogP contribution is 2.23. The summed E-state index contributed by atoms with van der Waals surface area (Å²) in [6, 6.07) is 16.1. The fourth-order valence-corrected chi connectivity index (χ4v) is 2.53. The zero-order valence-electron chi connectivity index (χ0n) is 15.7. The average Bonchev–Trinajstić information content (AvgIpc) is 2.74. The Kier molecular flexibility index (Phi) is 6.36. The van der Waals surface area contributed by atoms with Crippen LogP contribution >= 0.6 is 0 Å². The molecular weight excluding hydrogens is 374 g/mol. The highest BCUT2D eigenvalue weighted by Gasteiger charge is 2.09. The molecule has 0 unspecified atom stereocenters. The van der Waals surface area contributed by atoms with Crippen LogP contribution in [0.3, 0.4) is 0 Å². The van der Waals surface area contributed by atoms with Crippen LogP contribution < -0.4 is 14.8 Å². The number of hydrogen-bond donors (Lipinski definition) is 1. The molecule has 0 spiro atoms. The van der Waals surface area contributed by atoms with E-state index in [2.05, 4.69) is 10.3 Å². The molecule has 8 nitrogen and oxygen atoms in total. The van der Waals surface area contributed by atoms with Gasteiger partial charge in [-0.3, -0.25) is 14.9 Å². The summed E-state index contributed by atoms with van der Waals surface area (Å²) < 4.78 is 11.1. The second-order valence-corrected chi connectivity index (χ2v) is 6.00. The number of pyridine rings is 1. The largest absolute Gasteiger partial charge is 0.494 e. The summed E-state index contributed by atoms with van der Waals surface area (Å²) in [6.07, 6.45) is 1.59. The highest BCUT2D eigenvalue weighted by molar-refractivity contribution is 5.94. The van der Waals surface area contributed by atoms with Crippen molar-refractivity contribution in [3.8, 4) is 17.4 Å². The van der Waals surface area contributed by atoms with Gasteiger partial charge >= 0.3 is 0 Å². The summed E-state index contributed by atoms with van der Waals surface area (Å²) in [5, 5.41) is 13.5. The van der Waals surface area contributed by atoms with Crippen LogP contribution in [-0.4, -0.2) is 22.4 Å². The van der Waals surface area contributed by atoms with Gasteiger partial charge < -0.3 is 14.8 Å². The monoisotopic (exact) mass is 393 g/mol. The van der Waals surface area contributed by atoms with Crippen LogP contribution in [0.1, 0.15) is 22.8 Å². The first kappa shape index (κ1) is 19.8. The quantitative estimate of drug-likeness (QED) is 0.456. The first-order chi connectivity index (χ1) is 14.0. The lowest BCUT2D eigenvalue weighted by atomic mass is 10.2. The maximum absolute atomic E-state index is 12.2. The van der Waals surface area contributed by atoms with Gasteiger partial charge in [0.2, 0.25) is 5.88 Å². The zero-order valence-corrected chi connectivity index (χ0v) is 15.7. The van der Waals surface area contributed by atoms with E-state index in [-0.39, 0.29) is 18.1 Å². The standard InChI is InChI=1S/C21H19N3O5/c1-2-28-18-7-9-19(10-8-18)29-20-13-15(11-12-22-20)14-23-21(25)16-3-5-17(6-4-16)24(26)27/h3-13H,2,14H2,1H3,(H,23,25). The Labute approximate surface area is 167 Å². The Morgan fingerprint density at radius 3 is 2.41 bits per heavy atom. The smallest absolute Gasteiger partial charge is 0.269 e. The molecule has 0 bridgehead atoms. The van der Waals surface area contributed by atoms with E-state index < -0.39 is 4.92 Å². The molecule has 0 atom stereocenters. The third-order valence-electron chi connectivity index (χ3n) is 3.95. The van der Waals surface area contributed by atoms with Gasteiger partial charge in [-0.2, -0.15) is 0 Å². The first-order valence-corrected chi connectivity index (χ1v) is 8.93. The van der Waals surface area contributed by atoms with Crippen molar-refractivity contribution < 1.29 is 19.2 Å².